The molecule has 4 aliphatic carbocycles. The molecule has 0 aliphatic heterocycles. The van der Waals surface area contributed by atoms with Crippen LogP contribution in [-0.2, 0) is 25.5 Å². The maximum absolute atomic E-state index is 13.4. The summed E-state index contributed by atoms with van der Waals surface area (Å²) >= 11 is 0. The summed E-state index contributed by atoms with van der Waals surface area (Å²) < 4.78 is 5.27. The van der Waals surface area contributed by atoms with E-state index in [1.54, 1.807) is 36.4 Å². The fraction of sp³-hybridized carbons (Fsp3) is 0.533. The molecule has 7 nitrogen and oxygen atoms in total. The molecule has 0 amide bonds. The highest BCUT2D eigenvalue weighted by Gasteiger charge is 2.68. The smallest absolute Gasteiger partial charge is 0.310 e. The summed E-state index contributed by atoms with van der Waals surface area (Å²) in [5, 5.41) is 32.1. The Morgan fingerprint density at radius 2 is 1.92 bits per heavy atom. The van der Waals surface area contributed by atoms with Crippen LogP contribution in [0.1, 0.15) is 57.1 Å². The van der Waals surface area contributed by atoms with E-state index in [1.165, 1.54) is 0 Å². The molecule has 0 aromatic heterocycles. The number of esters is 1. The van der Waals surface area contributed by atoms with E-state index in [2.05, 4.69) is 6.92 Å². The Bertz CT molecular complexity index is 1240. The van der Waals surface area contributed by atoms with Crippen LogP contribution >= 0.6 is 0 Å². The van der Waals surface area contributed by atoms with Gasteiger partial charge in [-0.15, -0.1) is 0 Å². The number of nitrogens with zero attached hydrogens (tertiary/aromatic N) is 1. The van der Waals surface area contributed by atoms with Crippen LogP contribution in [0.4, 0.5) is 0 Å². The third-order valence-electron chi connectivity index (χ3n) is 9.90. The van der Waals surface area contributed by atoms with E-state index in [0.29, 0.717) is 17.5 Å². The molecule has 0 radical (unpaired) electrons. The molecule has 3 saturated carbocycles. The van der Waals surface area contributed by atoms with Crippen LogP contribution in [0, 0.1) is 39.9 Å². The lowest BCUT2D eigenvalue weighted by Gasteiger charge is -2.59. The lowest BCUT2D eigenvalue weighted by Crippen LogP contribution is -2.61. The number of fused-ring (bicyclic) bond motifs is 5. The maximum Gasteiger partial charge on any atom is 0.310 e. The van der Waals surface area contributed by atoms with Crippen molar-refractivity contribution in [1.29, 1.82) is 5.26 Å². The Labute approximate surface area is 216 Å². The number of carbonyl (C=O) groups excluding carboxylic acids is 3. The average molecular weight is 504 g/mol. The van der Waals surface area contributed by atoms with Crippen molar-refractivity contribution in [3.8, 4) is 6.07 Å². The standard InChI is InChI=1S/C30H33NO6/c1-28-11-9-21(32)14-20(28)7-8-22-23-10-12-30(36,29(23,2)15-24(33)27(22)28)25(34)17-37-26(35)13-18-3-5-19(16-31)6-4-18/h3-6,9,11,14,22-24,27,33,36H,7-8,10,12-13,15,17H2,1-2H3/t22?,23?,24?,27?,28?,29?,30-/m0/s1. The molecule has 4 aliphatic rings. The second-order valence-electron chi connectivity index (χ2n) is 11.7. The zero-order chi connectivity index (χ0) is 26.6. The van der Waals surface area contributed by atoms with Crippen LogP contribution < -0.4 is 0 Å². The third kappa shape index (κ3) is 3.98. The number of ketones is 2. The Morgan fingerprint density at radius 3 is 2.62 bits per heavy atom. The predicted molar refractivity (Wildman–Crippen MR) is 134 cm³/mol. The Morgan fingerprint density at radius 1 is 1.19 bits per heavy atom. The minimum absolute atomic E-state index is 0.0179. The van der Waals surface area contributed by atoms with Gasteiger partial charge in [0.2, 0.25) is 5.78 Å². The number of hydrogen-bond donors (Lipinski definition) is 2. The average Bonchev–Trinajstić information content (AvgIpc) is 3.14. The highest BCUT2D eigenvalue weighted by molar-refractivity contribution is 6.01. The van der Waals surface area contributed by atoms with Gasteiger partial charge in [0, 0.05) is 16.7 Å². The summed E-state index contributed by atoms with van der Waals surface area (Å²) in [5.74, 6) is -1.07. The second-order valence-corrected chi connectivity index (χ2v) is 11.7. The molecule has 1 aromatic rings. The van der Waals surface area contributed by atoms with Gasteiger partial charge < -0.3 is 14.9 Å². The van der Waals surface area contributed by atoms with Gasteiger partial charge in [-0.25, -0.2) is 0 Å². The van der Waals surface area contributed by atoms with Crippen LogP contribution in [-0.4, -0.2) is 46.1 Å². The number of aliphatic hydroxyl groups excluding tert-OH is 1. The topological polar surface area (TPSA) is 125 Å². The van der Waals surface area contributed by atoms with Crippen molar-refractivity contribution in [3.63, 3.8) is 0 Å². The molecule has 37 heavy (non-hydrogen) atoms. The van der Waals surface area contributed by atoms with Crippen molar-refractivity contribution >= 4 is 17.5 Å². The summed E-state index contributed by atoms with van der Waals surface area (Å²) in [4.78, 5) is 37.7. The zero-order valence-electron chi connectivity index (χ0n) is 21.3. The summed E-state index contributed by atoms with van der Waals surface area (Å²) in [5.41, 5.74) is -0.722. The predicted octanol–water partition coefficient (Wildman–Crippen LogP) is 3.22. The fourth-order valence-electron chi connectivity index (χ4n) is 7.97. The molecule has 3 fully saturated rings. The molecule has 7 heteroatoms. The second kappa shape index (κ2) is 9.04. The molecule has 194 valence electrons. The number of Topliss-reactive ketones (excluding diaryl/α,β-unsaturated/α-hetero) is 1. The van der Waals surface area contributed by atoms with Gasteiger partial charge in [0.05, 0.1) is 24.2 Å². The van der Waals surface area contributed by atoms with Crippen molar-refractivity contribution in [2.75, 3.05) is 6.61 Å². The van der Waals surface area contributed by atoms with Crippen molar-refractivity contribution in [2.45, 2.75) is 64.1 Å². The van der Waals surface area contributed by atoms with E-state index in [4.69, 9.17) is 10.00 Å². The molecule has 0 bridgehead atoms. The quantitative estimate of drug-likeness (QED) is 0.591. The van der Waals surface area contributed by atoms with E-state index < -0.39 is 40.9 Å². The third-order valence-corrected chi connectivity index (χ3v) is 9.90. The van der Waals surface area contributed by atoms with Gasteiger partial charge in [0.25, 0.3) is 0 Å². The molecular weight excluding hydrogens is 470 g/mol. The number of allylic oxidation sites excluding steroid dienone is 4. The highest BCUT2D eigenvalue weighted by Crippen LogP contribution is 2.67. The van der Waals surface area contributed by atoms with E-state index in [0.717, 1.165) is 18.4 Å². The number of hydrogen-bond acceptors (Lipinski definition) is 7. The lowest BCUT2D eigenvalue weighted by molar-refractivity contribution is -0.181. The SMILES string of the molecule is CC12C=CC(=O)C=C1CCC1C2C(O)CC2(C)C1CC[C@]2(O)C(=O)COC(=O)Cc1ccc(C#N)cc1. The first-order valence-corrected chi connectivity index (χ1v) is 13.0. The van der Waals surface area contributed by atoms with Crippen LogP contribution in [0.15, 0.2) is 48.1 Å². The molecule has 0 heterocycles. The van der Waals surface area contributed by atoms with Crippen molar-refractivity contribution < 1.29 is 29.3 Å². The van der Waals surface area contributed by atoms with Crippen molar-refractivity contribution in [3.05, 3.63) is 59.2 Å². The van der Waals surface area contributed by atoms with E-state index in [9.17, 15) is 24.6 Å². The Hall–Kier alpha value is -3.08. The number of ether oxygens (including phenoxy) is 1. The minimum atomic E-state index is -1.69. The van der Waals surface area contributed by atoms with Gasteiger partial charge in [-0.1, -0.05) is 37.6 Å². The lowest BCUT2D eigenvalue weighted by atomic mass is 9.46. The fourth-order valence-corrected chi connectivity index (χ4v) is 7.97. The van der Waals surface area contributed by atoms with Crippen LogP contribution in [0.25, 0.3) is 0 Å². The number of carbonyl (C=O) groups is 3. The van der Waals surface area contributed by atoms with Gasteiger partial charge in [-0.05, 0) is 73.8 Å². The monoisotopic (exact) mass is 503 g/mol. The van der Waals surface area contributed by atoms with Crippen LogP contribution in [0.2, 0.25) is 0 Å². The molecule has 0 spiro atoms. The van der Waals surface area contributed by atoms with Gasteiger partial charge in [0.1, 0.15) is 5.60 Å². The summed E-state index contributed by atoms with van der Waals surface area (Å²) in [6.45, 7) is 3.46. The molecule has 5 rings (SSSR count). The van der Waals surface area contributed by atoms with Gasteiger partial charge in [-0.2, -0.15) is 5.26 Å². The number of aliphatic hydroxyl groups is 2. The van der Waals surface area contributed by atoms with E-state index in [-0.39, 0.29) is 42.8 Å². The first-order valence-electron chi connectivity index (χ1n) is 13.0. The van der Waals surface area contributed by atoms with Gasteiger partial charge in [0.15, 0.2) is 12.4 Å². The molecule has 0 saturated heterocycles. The minimum Gasteiger partial charge on any atom is -0.457 e. The largest absolute Gasteiger partial charge is 0.457 e. The van der Waals surface area contributed by atoms with Crippen molar-refractivity contribution in [2.24, 2.45) is 28.6 Å². The molecule has 6 unspecified atom stereocenters. The maximum atomic E-state index is 13.4. The van der Waals surface area contributed by atoms with E-state index in [1.807, 2.05) is 19.1 Å². The summed E-state index contributed by atoms with van der Waals surface area (Å²) in [6, 6.07) is 8.58. The number of rotatable bonds is 5. The molecule has 7 atom stereocenters. The first-order chi connectivity index (χ1) is 17.5. The highest BCUT2D eigenvalue weighted by atomic mass is 16.5. The van der Waals surface area contributed by atoms with Crippen molar-refractivity contribution in [1.82, 2.24) is 0 Å². The Balaban J connectivity index is 1.30. The molecular formula is C30H33NO6. The summed E-state index contributed by atoms with van der Waals surface area (Å²) in [6.07, 6.45) is 7.20. The molecule has 2 N–H and O–H groups in total. The van der Waals surface area contributed by atoms with Gasteiger partial charge in [-0.3, -0.25) is 14.4 Å². The van der Waals surface area contributed by atoms with Gasteiger partial charge >= 0.3 is 5.97 Å². The van der Waals surface area contributed by atoms with Crippen LogP contribution in [0.3, 0.4) is 0 Å². The number of nitriles is 1. The van der Waals surface area contributed by atoms with E-state index >= 15 is 0 Å². The number of benzene rings is 1. The normalized spacial score (nSPS) is 38.0. The Kier molecular flexibility index (Phi) is 6.24. The zero-order valence-corrected chi connectivity index (χ0v) is 21.3. The van der Waals surface area contributed by atoms with Crippen LogP contribution in [0.5, 0.6) is 0 Å². The molecule has 1 aromatic carbocycles. The summed E-state index contributed by atoms with van der Waals surface area (Å²) in [7, 11) is 0. The first kappa shape index (κ1) is 25.6.